The largest absolute Gasteiger partial charge is 0.478 e. The highest BCUT2D eigenvalue weighted by molar-refractivity contribution is 7.14. The third-order valence-corrected chi connectivity index (χ3v) is 3.31. The molecule has 1 unspecified atom stereocenters. The second kappa shape index (κ2) is 6.50. The van der Waals surface area contributed by atoms with Gasteiger partial charge in [0, 0.05) is 6.21 Å². The molecule has 0 radical (unpaired) electrons. The standard InChI is InChI=1S/C14H16N2O4S/c1-8-7-21-11(10(8)12(17)18)16-6-9(5-15)13(19)20-14(2,3)4/h6-7,9H,1-4H3,(H,17,18). The number of aromatic carboxylic acids is 1. The summed E-state index contributed by atoms with van der Waals surface area (Å²) in [6, 6.07) is 1.78. The van der Waals surface area contributed by atoms with E-state index in [4.69, 9.17) is 15.1 Å². The van der Waals surface area contributed by atoms with E-state index in [-0.39, 0.29) is 10.6 Å². The van der Waals surface area contributed by atoms with E-state index in [9.17, 15) is 9.59 Å². The molecule has 1 heterocycles. The Labute approximate surface area is 126 Å². The van der Waals surface area contributed by atoms with Gasteiger partial charge >= 0.3 is 11.9 Å². The average Bonchev–Trinajstić information content (AvgIpc) is 2.69. The smallest absolute Gasteiger partial charge is 0.339 e. The molecule has 0 aromatic carbocycles. The van der Waals surface area contributed by atoms with Crippen molar-refractivity contribution in [2.75, 3.05) is 0 Å². The highest BCUT2D eigenvalue weighted by Gasteiger charge is 2.24. The number of rotatable bonds is 4. The van der Waals surface area contributed by atoms with E-state index in [0.717, 1.165) is 17.6 Å². The molecule has 0 fully saturated rings. The van der Waals surface area contributed by atoms with Crippen LogP contribution in [0.4, 0.5) is 5.00 Å². The number of thiophene rings is 1. The number of ether oxygens (including phenoxy) is 1. The van der Waals surface area contributed by atoms with Crippen LogP contribution in [0.1, 0.15) is 36.7 Å². The summed E-state index contributed by atoms with van der Waals surface area (Å²) >= 11 is 1.14. The zero-order chi connectivity index (χ0) is 16.2. The summed E-state index contributed by atoms with van der Waals surface area (Å²) < 4.78 is 5.10. The van der Waals surface area contributed by atoms with Gasteiger partial charge in [-0.3, -0.25) is 4.79 Å². The number of hydrogen-bond acceptors (Lipinski definition) is 6. The Morgan fingerprint density at radius 1 is 1.52 bits per heavy atom. The molecule has 1 aromatic rings. The molecule has 1 aromatic heterocycles. The first-order valence-electron chi connectivity index (χ1n) is 6.13. The van der Waals surface area contributed by atoms with Gasteiger partial charge in [-0.05, 0) is 38.6 Å². The Hall–Kier alpha value is -2.20. The zero-order valence-corrected chi connectivity index (χ0v) is 13.0. The van der Waals surface area contributed by atoms with E-state index in [2.05, 4.69) is 4.99 Å². The van der Waals surface area contributed by atoms with Crippen molar-refractivity contribution >= 4 is 34.5 Å². The molecule has 1 N–H and O–H groups in total. The predicted octanol–water partition coefficient (Wildman–Crippen LogP) is 2.94. The number of nitrogens with zero attached hydrogens (tertiary/aromatic N) is 2. The van der Waals surface area contributed by atoms with Crippen LogP contribution in [0, 0.1) is 24.2 Å². The Morgan fingerprint density at radius 2 is 2.14 bits per heavy atom. The molecular formula is C14H16N2O4S. The van der Waals surface area contributed by atoms with Crippen molar-refractivity contribution in [1.82, 2.24) is 0 Å². The van der Waals surface area contributed by atoms with Crippen molar-refractivity contribution < 1.29 is 19.4 Å². The van der Waals surface area contributed by atoms with Crippen molar-refractivity contribution in [3.8, 4) is 6.07 Å². The quantitative estimate of drug-likeness (QED) is 0.681. The summed E-state index contributed by atoms with van der Waals surface area (Å²) in [4.78, 5) is 26.9. The van der Waals surface area contributed by atoms with E-state index < -0.39 is 23.5 Å². The molecule has 0 aliphatic heterocycles. The fourth-order valence-corrected chi connectivity index (χ4v) is 2.33. The van der Waals surface area contributed by atoms with Crippen molar-refractivity contribution in [1.29, 1.82) is 5.26 Å². The maximum Gasteiger partial charge on any atom is 0.339 e. The van der Waals surface area contributed by atoms with Crippen LogP contribution in [0.3, 0.4) is 0 Å². The van der Waals surface area contributed by atoms with Gasteiger partial charge in [0.15, 0.2) is 5.92 Å². The fourth-order valence-electron chi connectivity index (χ4n) is 1.44. The molecule has 6 nitrogen and oxygen atoms in total. The van der Waals surface area contributed by atoms with E-state index in [0.29, 0.717) is 5.56 Å². The second-order valence-electron chi connectivity index (χ2n) is 5.32. The van der Waals surface area contributed by atoms with Crippen molar-refractivity contribution in [2.45, 2.75) is 33.3 Å². The topological polar surface area (TPSA) is 99.8 Å². The Balaban J connectivity index is 2.95. The molecule has 7 heteroatoms. The summed E-state index contributed by atoms with van der Waals surface area (Å²) in [6.07, 6.45) is 1.12. The third-order valence-electron chi connectivity index (χ3n) is 2.31. The molecule has 112 valence electrons. The number of nitriles is 1. The summed E-state index contributed by atoms with van der Waals surface area (Å²) in [5, 5.41) is 20.0. The lowest BCUT2D eigenvalue weighted by Crippen LogP contribution is -2.28. The van der Waals surface area contributed by atoms with Crippen LogP contribution in [0.2, 0.25) is 0 Å². The summed E-state index contributed by atoms with van der Waals surface area (Å²) in [5.41, 5.74) is -0.0336. The van der Waals surface area contributed by atoms with Gasteiger partial charge in [-0.2, -0.15) is 5.26 Å². The van der Waals surface area contributed by atoms with Crippen molar-refractivity contribution in [3.05, 3.63) is 16.5 Å². The molecular weight excluding hydrogens is 292 g/mol. The number of aryl methyl sites for hydroxylation is 1. The van der Waals surface area contributed by atoms with Gasteiger partial charge in [0.05, 0.1) is 11.6 Å². The lowest BCUT2D eigenvalue weighted by molar-refractivity contribution is -0.155. The summed E-state index contributed by atoms with van der Waals surface area (Å²) in [6.45, 7) is 6.75. The van der Waals surface area contributed by atoms with E-state index in [1.54, 1.807) is 39.1 Å². The first-order valence-corrected chi connectivity index (χ1v) is 7.01. The predicted molar refractivity (Wildman–Crippen MR) is 79.1 cm³/mol. The van der Waals surface area contributed by atoms with Crippen LogP contribution in [0.25, 0.3) is 0 Å². The number of aliphatic imine (C=N–C) groups is 1. The summed E-state index contributed by atoms with van der Waals surface area (Å²) in [5.74, 6) is -2.97. The van der Waals surface area contributed by atoms with Crippen LogP contribution in [0.5, 0.6) is 0 Å². The molecule has 1 rings (SSSR count). The number of carbonyl (C=O) groups is 2. The molecule has 0 spiro atoms. The Morgan fingerprint density at radius 3 is 2.62 bits per heavy atom. The average molecular weight is 308 g/mol. The zero-order valence-electron chi connectivity index (χ0n) is 12.2. The molecule has 0 aliphatic carbocycles. The maximum atomic E-state index is 11.8. The highest BCUT2D eigenvalue weighted by Crippen LogP contribution is 2.30. The molecule has 0 saturated heterocycles. The molecule has 1 atom stereocenters. The van der Waals surface area contributed by atoms with Crippen LogP contribution >= 0.6 is 11.3 Å². The number of carbonyl (C=O) groups excluding carboxylic acids is 1. The second-order valence-corrected chi connectivity index (χ2v) is 6.18. The maximum absolute atomic E-state index is 11.8. The van der Waals surface area contributed by atoms with Gasteiger partial charge in [0.25, 0.3) is 0 Å². The Kier molecular flexibility index (Phi) is 5.22. The molecule has 0 bridgehead atoms. The van der Waals surface area contributed by atoms with E-state index in [1.165, 1.54) is 0 Å². The van der Waals surface area contributed by atoms with Crippen LogP contribution in [-0.2, 0) is 9.53 Å². The number of hydrogen-bond donors (Lipinski definition) is 1. The lowest BCUT2D eigenvalue weighted by atomic mass is 10.1. The molecule has 21 heavy (non-hydrogen) atoms. The fraction of sp³-hybridized carbons (Fsp3) is 0.429. The van der Waals surface area contributed by atoms with Gasteiger partial charge in [-0.1, -0.05) is 0 Å². The first kappa shape index (κ1) is 16.9. The van der Waals surface area contributed by atoms with Gasteiger partial charge in [0.1, 0.15) is 10.6 Å². The van der Waals surface area contributed by atoms with Crippen molar-refractivity contribution in [3.63, 3.8) is 0 Å². The number of carboxylic acids is 1. The number of esters is 1. The van der Waals surface area contributed by atoms with Crippen molar-refractivity contribution in [2.24, 2.45) is 10.9 Å². The molecule has 0 saturated carbocycles. The normalized spacial score (nSPS) is 12.9. The SMILES string of the molecule is Cc1csc(N=CC(C#N)C(=O)OC(C)(C)C)c1C(=O)O. The van der Waals surface area contributed by atoms with E-state index in [1.807, 2.05) is 0 Å². The lowest BCUT2D eigenvalue weighted by Gasteiger charge is -2.20. The van der Waals surface area contributed by atoms with Gasteiger partial charge in [-0.15, -0.1) is 11.3 Å². The monoisotopic (exact) mass is 308 g/mol. The minimum atomic E-state index is -1.17. The third kappa shape index (κ3) is 4.68. The van der Waals surface area contributed by atoms with Crippen LogP contribution in [0.15, 0.2) is 10.4 Å². The van der Waals surface area contributed by atoms with E-state index >= 15 is 0 Å². The van der Waals surface area contributed by atoms with Gasteiger partial charge in [0.2, 0.25) is 0 Å². The molecule has 0 aliphatic rings. The molecule has 0 amide bonds. The minimum absolute atomic E-state index is 0.0807. The first-order chi connectivity index (χ1) is 9.65. The van der Waals surface area contributed by atoms with Gasteiger partial charge in [-0.25, -0.2) is 9.79 Å². The summed E-state index contributed by atoms with van der Waals surface area (Å²) in [7, 11) is 0. The minimum Gasteiger partial charge on any atom is -0.478 e. The highest BCUT2D eigenvalue weighted by atomic mass is 32.1. The van der Waals surface area contributed by atoms with Crippen LogP contribution in [-0.4, -0.2) is 28.9 Å². The van der Waals surface area contributed by atoms with Crippen LogP contribution < -0.4 is 0 Å². The van der Waals surface area contributed by atoms with Gasteiger partial charge < -0.3 is 9.84 Å². The Bertz CT molecular complexity index is 620. The number of carboxylic acid groups (broad SMARTS) is 1.